The van der Waals surface area contributed by atoms with Crippen molar-refractivity contribution in [3.8, 4) is 0 Å². The average molecular weight is 251 g/mol. The maximum atomic E-state index is 12.8. The lowest BCUT2D eigenvalue weighted by atomic mass is 10.1. The van der Waals surface area contributed by atoms with Crippen LogP contribution in [0.25, 0.3) is 0 Å². The number of hydrogen-bond donors (Lipinski definition) is 1. The highest BCUT2D eigenvalue weighted by Crippen LogP contribution is 2.16. The molecule has 3 nitrogen and oxygen atoms in total. The van der Waals surface area contributed by atoms with Crippen LogP contribution in [0.15, 0.2) is 36.9 Å². The molecule has 1 aromatic carbocycles. The number of nitrogens with one attached hydrogen (secondary N) is 1. The van der Waals surface area contributed by atoms with E-state index in [9.17, 15) is 9.18 Å². The maximum Gasteiger partial charge on any atom is 0.408 e. The summed E-state index contributed by atoms with van der Waals surface area (Å²) in [6.07, 6.45) is 1.04. The normalized spacial score (nSPS) is 12.7. The lowest BCUT2D eigenvalue weighted by Gasteiger charge is -2.22. The summed E-state index contributed by atoms with van der Waals surface area (Å²) in [6, 6.07) is 5.46. The standard InChI is InChI=1S/C14H18FNO2/c1-5-12(10-6-8-11(15)9-7-10)16-13(17)18-14(2,3)4/h5-9,12H,1H2,2-4H3,(H,16,17). The molecule has 0 bridgehead atoms. The molecule has 0 aromatic heterocycles. The van der Waals surface area contributed by atoms with Crippen LogP contribution < -0.4 is 5.32 Å². The van der Waals surface area contributed by atoms with Crippen molar-refractivity contribution >= 4 is 6.09 Å². The van der Waals surface area contributed by atoms with Gasteiger partial charge in [-0.25, -0.2) is 9.18 Å². The molecule has 0 heterocycles. The Morgan fingerprint density at radius 2 is 1.94 bits per heavy atom. The van der Waals surface area contributed by atoms with Crippen LogP contribution in [0.2, 0.25) is 0 Å². The first kappa shape index (κ1) is 14.2. The minimum Gasteiger partial charge on any atom is -0.444 e. The topological polar surface area (TPSA) is 38.3 Å². The summed E-state index contributed by atoms with van der Waals surface area (Å²) in [6.45, 7) is 9.00. The molecule has 18 heavy (non-hydrogen) atoms. The number of carbonyl (C=O) groups excluding carboxylic acids is 1. The molecule has 1 amide bonds. The third-order valence-electron chi connectivity index (χ3n) is 2.14. The van der Waals surface area contributed by atoms with Crippen molar-refractivity contribution in [1.82, 2.24) is 5.32 Å². The second-order valence-corrected chi connectivity index (χ2v) is 4.91. The number of alkyl carbamates (subject to hydrolysis) is 1. The summed E-state index contributed by atoms with van der Waals surface area (Å²) in [5.41, 5.74) is 0.191. The third kappa shape index (κ3) is 4.57. The predicted octanol–water partition coefficient (Wildman–Crippen LogP) is 3.58. The SMILES string of the molecule is C=CC(NC(=O)OC(C)(C)C)c1ccc(F)cc1. The molecular formula is C14H18FNO2. The van der Waals surface area contributed by atoms with Gasteiger partial charge in [-0.2, -0.15) is 0 Å². The van der Waals surface area contributed by atoms with Crippen LogP contribution in [0.3, 0.4) is 0 Å². The van der Waals surface area contributed by atoms with Gasteiger partial charge < -0.3 is 10.1 Å². The monoisotopic (exact) mass is 251 g/mol. The Bertz CT molecular complexity index is 420. The Labute approximate surface area is 107 Å². The largest absolute Gasteiger partial charge is 0.444 e. The van der Waals surface area contributed by atoms with Crippen molar-refractivity contribution in [3.05, 3.63) is 48.3 Å². The van der Waals surface area contributed by atoms with Gasteiger partial charge in [0.2, 0.25) is 0 Å². The van der Waals surface area contributed by atoms with Crippen molar-refractivity contribution in [3.63, 3.8) is 0 Å². The van der Waals surface area contributed by atoms with Crippen molar-refractivity contribution in [2.24, 2.45) is 0 Å². The van der Waals surface area contributed by atoms with Gasteiger partial charge in [-0.3, -0.25) is 0 Å². The van der Waals surface area contributed by atoms with E-state index in [-0.39, 0.29) is 5.82 Å². The van der Waals surface area contributed by atoms with E-state index in [1.54, 1.807) is 39.0 Å². The lowest BCUT2D eigenvalue weighted by molar-refractivity contribution is 0.0514. The summed E-state index contributed by atoms with van der Waals surface area (Å²) in [5, 5.41) is 2.66. The fraction of sp³-hybridized carbons (Fsp3) is 0.357. The second-order valence-electron chi connectivity index (χ2n) is 4.91. The number of carbonyl (C=O) groups is 1. The zero-order chi connectivity index (χ0) is 13.8. The van der Waals surface area contributed by atoms with Gasteiger partial charge >= 0.3 is 6.09 Å². The van der Waals surface area contributed by atoms with E-state index >= 15 is 0 Å². The maximum absolute atomic E-state index is 12.8. The number of hydrogen-bond acceptors (Lipinski definition) is 2. The van der Waals surface area contributed by atoms with Crippen molar-refractivity contribution in [2.45, 2.75) is 32.4 Å². The van der Waals surface area contributed by atoms with E-state index in [1.165, 1.54) is 12.1 Å². The van der Waals surface area contributed by atoms with Crippen molar-refractivity contribution < 1.29 is 13.9 Å². The Morgan fingerprint density at radius 3 is 2.39 bits per heavy atom. The van der Waals surface area contributed by atoms with Crippen LogP contribution in [-0.4, -0.2) is 11.7 Å². The second kappa shape index (κ2) is 5.67. The van der Waals surface area contributed by atoms with Crippen LogP contribution in [0, 0.1) is 5.82 Å². The molecule has 0 radical (unpaired) electrons. The summed E-state index contributed by atoms with van der Waals surface area (Å²) in [4.78, 5) is 11.6. The van der Waals surface area contributed by atoms with Gasteiger partial charge in [0.1, 0.15) is 11.4 Å². The number of rotatable bonds is 3. The Kier molecular flexibility index (Phi) is 4.48. The number of halogens is 1. The van der Waals surface area contributed by atoms with E-state index in [4.69, 9.17) is 4.74 Å². The molecule has 0 aliphatic rings. The van der Waals surface area contributed by atoms with Crippen LogP contribution in [0.4, 0.5) is 9.18 Å². The van der Waals surface area contributed by atoms with Gasteiger partial charge in [0.15, 0.2) is 0 Å². The molecular weight excluding hydrogens is 233 g/mol. The Balaban J connectivity index is 2.71. The quantitative estimate of drug-likeness (QED) is 0.834. The molecule has 4 heteroatoms. The molecule has 1 aromatic rings. The molecule has 0 saturated heterocycles. The van der Waals surface area contributed by atoms with Gasteiger partial charge in [0.25, 0.3) is 0 Å². The summed E-state index contributed by atoms with van der Waals surface area (Å²) in [5.74, 6) is -0.321. The molecule has 0 aliphatic heterocycles. The first-order valence-electron chi connectivity index (χ1n) is 5.69. The fourth-order valence-electron chi connectivity index (χ4n) is 1.38. The van der Waals surface area contributed by atoms with Crippen LogP contribution in [0.5, 0.6) is 0 Å². The Hall–Kier alpha value is -1.84. The first-order chi connectivity index (χ1) is 8.31. The third-order valence-corrected chi connectivity index (χ3v) is 2.14. The molecule has 1 unspecified atom stereocenters. The molecule has 1 N–H and O–H groups in total. The number of ether oxygens (including phenoxy) is 1. The summed E-state index contributed by atoms with van der Waals surface area (Å²) < 4.78 is 17.9. The molecule has 0 fully saturated rings. The van der Waals surface area contributed by atoms with E-state index in [0.29, 0.717) is 0 Å². The summed E-state index contributed by atoms with van der Waals surface area (Å²) in [7, 11) is 0. The molecule has 98 valence electrons. The molecule has 0 spiro atoms. The van der Waals surface area contributed by atoms with E-state index in [0.717, 1.165) is 5.56 Å². The average Bonchev–Trinajstić information content (AvgIpc) is 2.25. The van der Waals surface area contributed by atoms with E-state index < -0.39 is 17.7 Å². The number of benzene rings is 1. The highest BCUT2D eigenvalue weighted by atomic mass is 19.1. The van der Waals surface area contributed by atoms with Crippen LogP contribution >= 0.6 is 0 Å². The first-order valence-corrected chi connectivity index (χ1v) is 5.69. The van der Waals surface area contributed by atoms with Gasteiger partial charge in [-0.1, -0.05) is 18.2 Å². The van der Waals surface area contributed by atoms with Crippen LogP contribution in [-0.2, 0) is 4.74 Å². The van der Waals surface area contributed by atoms with Gasteiger partial charge in [0, 0.05) is 0 Å². The molecule has 0 aliphatic carbocycles. The number of amides is 1. The smallest absolute Gasteiger partial charge is 0.408 e. The van der Waals surface area contributed by atoms with Crippen molar-refractivity contribution in [1.29, 1.82) is 0 Å². The van der Waals surface area contributed by atoms with Crippen molar-refractivity contribution in [2.75, 3.05) is 0 Å². The molecule has 1 rings (SSSR count). The predicted molar refractivity (Wildman–Crippen MR) is 68.7 cm³/mol. The minimum atomic E-state index is -0.557. The van der Waals surface area contributed by atoms with Gasteiger partial charge in [-0.05, 0) is 38.5 Å². The molecule has 0 saturated carbocycles. The zero-order valence-corrected chi connectivity index (χ0v) is 10.9. The van der Waals surface area contributed by atoms with E-state index in [1.807, 2.05) is 0 Å². The zero-order valence-electron chi connectivity index (χ0n) is 10.9. The van der Waals surface area contributed by atoms with Gasteiger partial charge in [-0.15, -0.1) is 6.58 Å². The fourth-order valence-corrected chi connectivity index (χ4v) is 1.38. The summed E-state index contributed by atoms with van der Waals surface area (Å²) >= 11 is 0. The van der Waals surface area contributed by atoms with E-state index in [2.05, 4.69) is 11.9 Å². The highest BCUT2D eigenvalue weighted by Gasteiger charge is 2.18. The minimum absolute atomic E-state index is 0.321. The van der Waals surface area contributed by atoms with Crippen LogP contribution in [0.1, 0.15) is 32.4 Å². The molecule has 1 atom stereocenters. The highest BCUT2D eigenvalue weighted by molar-refractivity contribution is 5.68. The Morgan fingerprint density at radius 1 is 1.39 bits per heavy atom. The van der Waals surface area contributed by atoms with Gasteiger partial charge in [0.05, 0.1) is 6.04 Å². The lowest BCUT2D eigenvalue weighted by Crippen LogP contribution is -2.34.